The summed E-state index contributed by atoms with van der Waals surface area (Å²) in [6.45, 7) is 2.51. The highest BCUT2D eigenvalue weighted by Gasteiger charge is 2.28. The van der Waals surface area contributed by atoms with E-state index in [2.05, 4.69) is 12.3 Å². The standard InChI is InChI=1S/C31H38N4O4/c1-2-3-5-16-29(36)35(33-30(37)26-13-8-9-14-27(26)32)25-19-17-23(18-20-25)22-34(24-11-6-4-7-12-24)31(38)28-15-10-21-39-28/h8-10,13-15,17-21,24H,2-7,11-12,16,22,32H2,1H3,(H,33,37). The van der Waals surface area contributed by atoms with Gasteiger partial charge in [0.2, 0.25) is 5.91 Å². The van der Waals surface area contributed by atoms with E-state index >= 15 is 0 Å². The Bertz CT molecular complexity index is 1230. The Hall–Kier alpha value is -4.07. The van der Waals surface area contributed by atoms with Crippen molar-refractivity contribution in [1.29, 1.82) is 0 Å². The van der Waals surface area contributed by atoms with Gasteiger partial charge in [-0.2, -0.15) is 0 Å². The van der Waals surface area contributed by atoms with Crippen LogP contribution in [0.5, 0.6) is 0 Å². The fraction of sp³-hybridized carbons (Fsp3) is 0.387. The molecule has 0 saturated heterocycles. The molecule has 0 atom stereocenters. The second-order valence-corrected chi connectivity index (χ2v) is 10.1. The second kappa shape index (κ2) is 13.6. The van der Waals surface area contributed by atoms with E-state index in [-0.39, 0.29) is 17.9 Å². The van der Waals surface area contributed by atoms with Crippen LogP contribution in [0.4, 0.5) is 11.4 Å². The first kappa shape index (κ1) is 28.0. The first-order chi connectivity index (χ1) is 19.0. The van der Waals surface area contributed by atoms with Crippen LogP contribution in [0.1, 0.15) is 91.2 Å². The van der Waals surface area contributed by atoms with Gasteiger partial charge in [-0.15, -0.1) is 0 Å². The highest BCUT2D eigenvalue weighted by atomic mass is 16.3. The lowest BCUT2D eigenvalue weighted by Crippen LogP contribution is -2.46. The van der Waals surface area contributed by atoms with Gasteiger partial charge in [-0.3, -0.25) is 19.8 Å². The molecule has 206 valence electrons. The molecule has 39 heavy (non-hydrogen) atoms. The Morgan fingerprint density at radius 3 is 2.36 bits per heavy atom. The summed E-state index contributed by atoms with van der Waals surface area (Å²) in [4.78, 5) is 41.4. The molecule has 0 bridgehead atoms. The van der Waals surface area contributed by atoms with Crippen molar-refractivity contribution in [2.24, 2.45) is 0 Å². The number of para-hydroxylation sites is 1. The molecule has 3 N–H and O–H groups in total. The van der Waals surface area contributed by atoms with E-state index in [4.69, 9.17) is 10.2 Å². The lowest BCUT2D eigenvalue weighted by molar-refractivity contribution is -0.119. The summed E-state index contributed by atoms with van der Waals surface area (Å²) < 4.78 is 5.42. The summed E-state index contributed by atoms with van der Waals surface area (Å²) in [7, 11) is 0. The van der Waals surface area contributed by atoms with Crippen LogP contribution in [0.25, 0.3) is 0 Å². The van der Waals surface area contributed by atoms with Crippen LogP contribution < -0.4 is 16.2 Å². The maximum absolute atomic E-state index is 13.3. The smallest absolute Gasteiger partial charge is 0.290 e. The maximum atomic E-state index is 13.3. The summed E-state index contributed by atoms with van der Waals surface area (Å²) in [6, 6.07) is 17.8. The molecule has 1 saturated carbocycles. The van der Waals surface area contributed by atoms with Crippen molar-refractivity contribution in [3.05, 3.63) is 83.8 Å². The molecular formula is C31H38N4O4. The van der Waals surface area contributed by atoms with E-state index in [9.17, 15) is 14.4 Å². The fourth-order valence-corrected chi connectivity index (χ4v) is 5.02. The Balaban J connectivity index is 1.54. The lowest BCUT2D eigenvalue weighted by Gasteiger charge is -2.34. The number of nitrogens with two attached hydrogens (primary N) is 1. The minimum Gasteiger partial charge on any atom is -0.459 e. The molecular weight excluding hydrogens is 492 g/mol. The molecule has 1 aliphatic carbocycles. The van der Waals surface area contributed by atoms with Gasteiger partial charge in [0.1, 0.15) is 0 Å². The number of anilines is 2. The first-order valence-electron chi connectivity index (χ1n) is 13.9. The van der Waals surface area contributed by atoms with Crippen LogP contribution in [0.3, 0.4) is 0 Å². The van der Waals surface area contributed by atoms with Gasteiger partial charge in [0.15, 0.2) is 5.76 Å². The molecule has 1 aliphatic rings. The van der Waals surface area contributed by atoms with E-state index in [1.165, 1.54) is 17.7 Å². The van der Waals surface area contributed by atoms with Crippen LogP contribution in [0.15, 0.2) is 71.3 Å². The number of furan rings is 1. The molecule has 8 nitrogen and oxygen atoms in total. The van der Waals surface area contributed by atoms with E-state index < -0.39 is 5.91 Å². The van der Waals surface area contributed by atoms with Gasteiger partial charge in [0.25, 0.3) is 11.8 Å². The highest BCUT2D eigenvalue weighted by molar-refractivity contribution is 6.04. The molecule has 8 heteroatoms. The van der Waals surface area contributed by atoms with E-state index in [1.54, 1.807) is 48.5 Å². The Morgan fingerprint density at radius 1 is 0.949 bits per heavy atom. The quantitative estimate of drug-likeness (QED) is 0.187. The average Bonchev–Trinajstić information content (AvgIpc) is 3.51. The fourth-order valence-electron chi connectivity index (χ4n) is 5.02. The summed E-state index contributed by atoms with van der Waals surface area (Å²) in [5.74, 6) is -0.426. The number of nitrogens with one attached hydrogen (secondary N) is 1. The number of carbonyl (C=O) groups is 3. The molecule has 2 aromatic carbocycles. The van der Waals surface area contributed by atoms with Crippen LogP contribution in [-0.2, 0) is 11.3 Å². The van der Waals surface area contributed by atoms with Crippen molar-refractivity contribution in [3.8, 4) is 0 Å². The second-order valence-electron chi connectivity index (χ2n) is 10.1. The molecule has 1 fully saturated rings. The summed E-state index contributed by atoms with van der Waals surface area (Å²) in [5, 5.41) is 1.31. The topological polar surface area (TPSA) is 109 Å². The zero-order valence-electron chi connectivity index (χ0n) is 22.6. The summed E-state index contributed by atoms with van der Waals surface area (Å²) >= 11 is 0. The van der Waals surface area contributed by atoms with Crippen LogP contribution >= 0.6 is 0 Å². The first-order valence-corrected chi connectivity index (χ1v) is 13.9. The Kier molecular flexibility index (Phi) is 9.78. The normalized spacial score (nSPS) is 13.6. The van der Waals surface area contributed by atoms with Crippen molar-refractivity contribution in [2.75, 3.05) is 10.7 Å². The van der Waals surface area contributed by atoms with Gasteiger partial charge in [-0.05, 0) is 61.2 Å². The van der Waals surface area contributed by atoms with Crippen LogP contribution in [0.2, 0.25) is 0 Å². The van der Waals surface area contributed by atoms with Crippen LogP contribution in [0, 0.1) is 0 Å². The molecule has 0 unspecified atom stereocenters. The number of nitrogen functional groups attached to an aromatic ring is 1. The van der Waals surface area contributed by atoms with Gasteiger partial charge >= 0.3 is 0 Å². The van der Waals surface area contributed by atoms with Crippen LogP contribution in [-0.4, -0.2) is 28.7 Å². The predicted octanol–water partition coefficient (Wildman–Crippen LogP) is 6.10. The lowest BCUT2D eigenvalue weighted by atomic mass is 9.93. The van der Waals surface area contributed by atoms with E-state index in [1.807, 2.05) is 17.0 Å². The van der Waals surface area contributed by atoms with Crippen molar-refractivity contribution in [1.82, 2.24) is 10.3 Å². The molecule has 4 rings (SSSR count). The number of hydrogen-bond donors (Lipinski definition) is 2. The number of carbonyl (C=O) groups excluding carboxylic acids is 3. The molecule has 1 heterocycles. The zero-order valence-corrected chi connectivity index (χ0v) is 22.6. The Labute approximate surface area is 230 Å². The van der Waals surface area contributed by atoms with Crippen molar-refractivity contribution >= 4 is 29.1 Å². The number of nitrogens with zero attached hydrogens (tertiary/aromatic N) is 2. The predicted molar refractivity (Wildman–Crippen MR) is 152 cm³/mol. The monoisotopic (exact) mass is 530 g/mol. The third-order valence-electron chi connectivity index (χ3n) is 7.22. The number of unbranched alkanes of at least 4 members (excludes halogenated alkanes) is 2. The molecule has 0 aliphatic heterocycles. The molecule has 3 amide bonds. The van der Waals surface area contributed by atoms with Gasteiger partial charge in [-0.25, -0.2) is 5.01 Å². The minimum atomic E-state index is -0.450. The number of rotatable bonds is 10. The van der Waals surface area contributed by atoms with E-state index in [0.717, 1.165) is 50.5 Å². The third-order valence-corrected chi connectivity index (χ3v) is 7.22. The Morgan fingerprint density at radius 2 is 1.69 bits per heavy atom. The molecule has 1 aromatic heterocycles. The molecule has 0 radical (unpaired) electrons. The van der Waals surface area contributed by atoms with Crippen molar-refractivity contribution < 1.29 is 18.8 Å². The maximum Gasteiger partial charge on any atom is 0.290 e. The van der Waals surface area contributed by atoms with Gasteiger partial charge in [0.05, 0.1) is 17.5 Å². The number of hydrogen-bond acceptors (Lipinski definition) is 5. The average molecular weight is 531 g/mol. The molecule has 0 spiro atoms. The van der Waals surface area contributed by atoms with Crippen molar-refractivity contribution in [2.45, 2.75) is 77.3 Å². The van der Waals surface area contributed by atoms with Gasteiger partial charge in [0, 0.05) is 24.7 Å². The molecule has 3 aromatic rings. The van der Waals surface area contributed by atoms with Gasteiger partial charge in [-0.1, -0.05) is 63.3 Å². The minimum absolute atomic E-state index is 0.114. The zero-order chi connectivity index (χ0) is 27.6. The largest absolute Gasteiger partial charge is 0.459 e. The van der Waals surface area contributed by atoms with Gasteiger partial charge < -0.3 is 15.1 Å². The number of hydrazine groups is 1. The summed E-state index contributed by atoms with van der Waals surface area (Å²) in [6.07, 6.45) is 9.83. The number of amides is 3. The van der Waals surface area contributed by atoms with Crippen molar-refractivity contribution in [3.63, 3.8) is 0 Å². The van der Waals surface area contributed by atoms with E-state index in [0.29, 0.717) is 35.7 Å². The SMILES string of the molecule is CCCCCC(=O)N(NC(=O)c1ccccc1N)c1ccc(CN(C(=O)c2ccco2)C2CCCCC2)cc1. The summed E-state index contributed by atoms with van der Waals surface area (Å²) in [5.41, 5.74) is 10.9. The third kappa shape index (κ3) is 7.28. The highest BCUT2D eigenvalue weighted by Crippen LogP contribution is 2.27. The number of benzene rings is 2.